The number of aromatic nitrogens is 2. The molecule has 4 aromatic rings. The Morgan fingerprint density at radius 1 is 1.00 bits per heavy atom. The van der Waals surface area contributed by atoms with Crippen LogP contribution in [-0.2, 0) is 4.87 Å². The van der Waals surface area contributed by atoms with Crippen LogP contribution >= 0.6 is 46.3 Å². The summed E-state index contributed by atoms with van der Waals surface area (Å²) in [7, 11) is 0. The quantitative estimate of drug-likeness (QED) is 0.247. The molecule has 0 fully saturated rings. The Hall–Kier alpha value is -2.56. The van der Waals surface area contributed by atoms with Crippen molar-refractivity contribution in [2.45, 2.75) is 30.4 Å². The van der Waals surface area contributed by atoms with E-state index in [1.165, 1.54) is 41.3 Å². The summed E-state index contributed by atoms with van der Waals surface area (Å²) < 4.78 is 31.1. The molecule has 190 valence electrons. The van der Waals surface area contributed by atoms with Crippen molar-refractivity contribution in [3.63, 3.8) is 0 Å². The van der Waals surface area contributed by atoms with Gasteiger partial charge in [0.25, 0.3) is 0 Å². The standard InChI is InChI=1S/C26H21Cl2F2N5S2/c1-15-32-33-25(36-15)35-26(17-7-3-2-4-8-17,14-22(30)23(31)16-6-5-9-18(27)12-16)37-24(34-35)20-13-19(28)10-11-21(20)29/h2-13,22-23H,14,31H2,1H3. The number of hydrazone groups is 1. The van der Waals surface area contributed by atoms with Gasteiger partial charge < -0.3 is 5.73 Å². The van der Waals surface area contributed by atoms with Crippen molar-refractivity contribution in [2.75, 3.05) is 5.01 Å². The first-order valence-electron chi connectivity index (χ1n) is 11.3. The lowest BCUT2D eigenvalue weighted by molar-refractivity contribution is 0.240. The highest BCUT2D eigenvalue weighted by molar-refractivity contribution is 8.15. The molecule has 37 heavy (non-hydrogen) atoms. The molecule has 0 saturated heterocycles. The lowest BCUT2D eigenvalue weighted by atomic mass is 9.93. The van der Waals surface area contributed by atoms with E-state index in [1.54, 1.807) is 29.3 Å². The Labute approximate surface area is 231 Å². The van der Waals surface area contributed by atoms with Gasteiger partial charge in [0.15, 0.2) is 0 Å². The molecule has 0 aliphatic carbocycles. The van der Waals surface area contributed by atoms with Gasteiger partial charge in [-0.15, -0.1) is 10.2 Å². The second-order valence-corrected chi connectivity index (χ2v) is 11.8. The maximum atomic E-state index is 16.2. The minimum atomic E-state index is -1.51. The first-order valence-corrected chi connectivity index (χ1v) is 13.7. The van der Waals surface area contributed by atoms with Crippen LogP contribution in [0, 0.1) is 12.7 Å². The van der Waals surface area contributed by atoms with Gasteiger partial charge in [0, 0.05) is 22.0 Å². The van der Waals surface area contributed by atoms with Crippen LogP contribution in [0.2, 0.25) is 10.0 Å². The van der Waals surface area contributed by atoms with E-state index >= 15 is 4.39 Å². The van der Waals surface area contributed by atoms with Gasteiger partial charge in [-0.05, 0) is 48.4 Å². The van der Waals surface area contributed by atoms with Crippen molar-refractivity contribution >= 4 is 56.5 Å². The third-order valence-corrected chi connectivity index (χ3v) is 8.67. The van der Waals surface area contributed by atoms with E-state index in [2.05, 4.69) is 10.2 Å². The molecule has 0 saturated carbocycles. The van der Waals surface area contributed by atoms with Crippen LogP contribution in [-0.4, -0.2) is 21.4 Å². The molecular formula is C26H21Cl2F2N5S2. The lowest BCUT2D eigenvalue weighted by Crippen LogP contribution is -2.42. The summed E-state index contributed by atoms with van der Waals surface area (Å²) >= 11 is 14.9. The number of rotatable bonds is 7. The predicted octanol–water partition coefficient (Wildman–Crippen LogP) is 7.49. The Balaban J connectivity index is 1.63. The van der Waals surface area contributed by atoms with Crippen LogP contribution in [0.4, 0.5) is 13.9 Å². The summed E-state index contributed by atoms with van der Waals surface area (Å²) in [5, 5.41) is 17.2. The minimum Gasteiger partial charge on any atom is -0.322 e. The van der Waals surface area contributed by atoms with Crippen LogP contribution in [0.15, 0.2) is 77.9 Å². The van der Waals surface area contributed by atoms with Crippen molar-refractivity contribution < 1.29 is 8.78 Å². The van der Waals surface area contributed by atoms with Crippen LogP contribution in [0.5, 0.6) is 0 Å². The van der Waals surface area contributed by atoms with E-state index in [4.69, 9.17) is 34.0 Å². The average molecular weight is 577 g/mol. The highest BCUT2D eigenvalue weighted by Gasteiger charge is 2.50. The summed E-state index contributed by atoms with van der Waals surface area (Å²) in [4.78, 5) is -1.13. The Morgan fingerprint density at radius 2 is 1.76 bits per heavy atom. The van der Waals surface area contributed by atoms with Crippen molar-refractivity contribution in [3.8, 4) is 0 Å². The third-order valence-electron chi connectivity index (χ3n) is 5.97. The van der Waals surface area contributed by atoms with Crippen molar-refractivity contribution in [1.29, 1.82) is 0 Å². The molecule has 0 spiro atoms. The molecular weight excluding hydrogens is 555 g/mol. The summed E-state index contributed by atoms with van der Waals surface area (Å²) in [6.07, 6.45) is -1.59. The van der Waals surface area contributed by atoms with Gasteiger partial charge in [0.1, 0.15) is 26.9 Å². The number of hydrogen-bond donors (Lipinski definition) is 1. The molecule has 1 aliphatic rings. The van der Waals surface area contributed by atoms with Crippen molar-refractivity contribution in [2.24, 2.45) is 10.8 Å². The summed E-state index contributed by atoms with van der Waals surface area (Å²) in [6.45, 7) is 1.82. The van der Waals surface area contributed by atoms with Crippen molar-refractivity contribution in [1.82, 2.24) is 10.2 Å². The molecule has 2 N–H and O–H groups in total. The number of nitrogens with two attached hydrogens (primary N) is 1. The molecule has 3 atom stereocenters. The number of halogens is 4. The van der Waals surface area contributed by atoms with Gasteiger partial charge >= 0.3 is 0 Å². The number of alkyl halides is 1. The average Bonchev–Trinajstić information content (AvgIpc) is 3.49. The summed E-state index contributed by atoms with van der Waals surface area (Å²) in [5.74, 6) is -0.486. The highest BCUT2D eigenvalue weighted by Crippen LogP contribution is 2.53. The van der Waals surface area contributed by atoms with Gasteiger partial charge in [0.05, 0.1) is 6.04 Å². The van der Waals surface area contributed by atoms with Gasteiger partial charge in [-0.1, -0.05) is 88.8 Å². The molecule has 3 aromatic carbocycles. The Bertz CT molecular complexity index is 1450. The van der Waals surface area contributed by atoms with E-state index in [0.717, 1.165) is 5.56 Å². The van der Waals surface area contributed by atoms with E-state index < -0.39 is 22.9 Å². The van der Waals surface area contributed by atoms with E-state index in [1.807, 2.05) is 37.3 Å². The van der Waals surface area contributed by atoms with Gasteiger partial charge in [-0.25, -0.2) is 13.8 Å². The monoisotopic (exact) mass is 575 g/mol. The number of anilines is 1. The summed E-state index contributed by atoms with van der Waals surface area (Å²) in [5.41, 5.74) is 7.95. The molecule has 0 bridgehead atoms. The largest absolute Gasteiger partial charge is 0.322 e. The molecule has 3 unspecified atom stereocenters. The lowest BCUT2D eigenvalue weighted by Gasteiger charge is -2.37. The fraction of sp³-hybridized carbons (Fsp3) is 0.192. The Kier molecular flexibility index (Phi) is 7.51. The molecule has 1 aromatic heterocycles. The van der Waals surface area contributed by atoms with Crippen LogP contribution in [0.3, 0.4) is 0 Å². The molecule has 11 heteroatoms. The second-order valence-electron chi connectivity index (χ2n) is 8.50. The maximum absolute atomic E-state index is 16.2. The fourth-order valence-corrected chi connectivity index (χ4v) is 6.73. The predicted molar refractivity (Wildman–Crippen MR) is 149 cm³/mol. The molecule has 2 heterocycles. The SMILES string of the molecule is Cc1nnc(N2N=C(c3cc(Cl)ccc3F)SC2(CC(F)C(N)c2cccc(Cl)c2)c2ccccc2)s1. The first kappa shape index (κ1) is 26.1. The highest BCUT2D eigenvalue weighted by atomic mass is 35.5. The minimum absolute atomic E-state index is 0.0802. The number of hydrogen-bond acceptors (Lipinski definition) is 7. The van der Waals surface area contributed by atoms with E-state index in [9.17, 15) is 4.39 Å². The molecule has 0 radical (unpaired) electrons. The van der Waals surface area contributed by atoms with Crippen molar-refractivity contribution in [3.05, 3.63) is 110 Å². The number of thioether (sulfide) groups is 1. The van der Waals surface area contributed by atoms with Gasteiger partial charge in [-0.2, -0.15) is 5.10 Å². The van der Waals surface area contributed by atoms with Crippen LogP contribution in [0.25, 0.3) is 0 Å². The molecule has 5 nitrogen and oxygen atoms in total. The first-order chi connectivity index (χ1) is 17.8. The maximum Gasteiger partial charge on any atom is 0.230 e. The molecule has 1 aliphatic heterocycles. The summed E-state index contributed by atoms with van der Waals surface area (Å²) in [6, 6.07) is 19.5. The topological polar surface area (TPSA) is 67.4 Å². The van der Waals surface area contributed by atoms with Gasteiger partial charge in [0.2, 0.25) is 5.13 Å². The Morgan fingerprint density at radius 3 is 2.46 bits per heavy atom. The third kappa shape index (κ3) is 5.24. The second kappa shape index (κ2) is 10.7. The zero-order valence-corrected chi connectivity index (χ0v) is 22.6. The van der Waals surface area contributed by atoms with E-state index in [0.29, 0.717) is 30.8 Å². The number of aryl methyl sites for hydroxylation is 1. The zero-order chi connectivity index (χ0) is 26.2. The normalized spacial score (nSPS) is 19.1. The van der Waals surface area contributed by atoms with Crippen LogP contribution in [0.1, 0.15) is 34.2 Å². The number of nitrogens with zero attached hydrogens (tertiary/aromatic N) is 4. The fourth-order valence-electron chi connectivity index (χ4n) is 4.17. The molecule has 0 amide bonds. The molecule has 5 rings (SSSR count). The van der Waals surface area contributed by atoms with Gasteiger partial charge in [-0.3, -0.25) is 0 Å². The number of benzene rings is 3. The zero-order valence-electron chi connectivity index (χ0n) is 19.5. The smallest absolute Gasteiger partial charge is 0.230 e. The van der Waals surface area contributed by atoms with Crippen LogP contribution < -0.4 is 10.7 Å². The van der Waals surface area contributed by atoms with E-state index in [-0.39, 0.29) is 12.0 Å².